The van der Waals surface area contributed by atoms with Crippen LogP contribution in [-0.2, 0) is 0 Å². The number of benzene rings is 2. The normalized spacial score (nSPS) is 10.7. The van der Waals surface area contributed by atoms with Crippen molar-refractivity contribution in [3.63, 3.8) is 0 Å². The molecule has 0 bridgehead atoms. The lowest BCUT2D eigenvalue weighted by Crippen LogP contribution is -1.97. The summed E-state index contributed by atoms with van der Waals surface area (Å²) in [5.41, 5.74) is 1.99. The lowest BCUT2D eigenvalue weighted by Gasteiger charge is -2.09. The summed E-state index contributed by atoms with van der Waals surface area (Å²) in [6.07, 6.45) is 1.39. The number of rotatable bonds is 3. The molecule has 0 fully saturated rings. The van der Waals surface area contributed by atoms with Gasteiger partial charge in [-0.3, -0.25) is 0 Å². The zero-order valence-corrected chi connectivity index (χ0v) is 15.4. The molecule has 3 rings (SSSR count). The number of nitro groups is 1. The van der Waals surface area contributed by atoms with Gasteiger partial charge >= 0.3 is 5.82 Å². The van der Waals surface area contributed by atoms with Gasteiger partial charge < -0.3 is 10.1 Å². The molecule has 8 heteroatoms. The minimum Gasteiger partial charge on any atom is -0.358 e. The predicted molar refractivity (Wildman–Crippen MR) is 102 cm³/mol. The SMILES string of the molecule is O=[N+]([O-])c1ncc(-c2ccc(Cl)cc2Cl)cc1-c1ccc(Cl)cc1Cl. The molecule has 25 heavy (non-hydrogen) atoms. The largest absolute Gasteiger partial charge is 0.371 e. The maximum Gasteiger partial charge on any atom is 0.371 e. The Bertz CT molecular complexity index is 992. The van der Waals surface area contributed by atoms with Crippen LogP contribution in [0.15, 0.2) is 48.7 Å². The molecule has 0 spiro atoms. The molecule has 1 aromatic heterocycles. The standard InChI is InChI=1S/C17H8Cl4N2O2/c18-10-1-3-12(15(20)6-10)9-5-14(17(22-8-9)23(24)25)13-4-2-11(19)7-16(13)21/h1-8H. The van der Waals surface area contributed by atoms with E-state index in [9.17, 15) is 10.1 Å². The molecule has 0 amide bonds. The topological polar surface area (TPSA) is 56.0 Å². The van der Waals surface area contributed by atoms with Gasteiger partial charge in [0, 0.05) is 26.7 Å². The van der Waals surface area contributed by atoms with Crippen LogP contribution >= 0.6 is 46.4 Å². The van der Waals surface area contributed by atoms with Crippen LogP contribution in [-0.4, -0.2) is 9.91 Å². The van der Waals surface area contributed by atoms with E-state index in [1.807, 2.05) is 0 Å². The predicted octanol–water partition coefficient (Wildman–Crippen LogP) is 6.94. The van der Waals surface area contributed by atoms with E-state index in [2.05, 4.69) is 4.98 Å². The molecule has 2 aromatic carbocycles. The van der Waals surface area contributed by atoms with Crippen molar-refractivity contribution in [2.45, 2.75) is 0 Å². The van der Waals surface area contributed by atoms with E-state index >= 15 is 0 Å². The minimum atomic E-state index is -0.562. The van der Waals surface area contributed by atoms with Crippen LogP contribution in [0.25, 0.3) is 22.3 Å². The average molecular weight is 414 g/mol. The molecular formula is C17H8Cl4N2O2. The fraction of sp³-hybridized carbons (Fsp3) is 0. The third kappa shape index (κ3) is 3.72. The quantitative estimate of drug-likeness (QED) is 0.345. The lowest BCUT2D eigenvalue weighted by molar-refractivity contribution is -0.388. The van der Waals surface area contributed by atoms with Gasteiger partial charge in [0.1, 0.15) is 6.20 Å². The van der Waals surface area contributed by atoms with E-state index in [0.29, 0.717) is 31.8 Å². The molecule has 0 aliphatic heterocycles. The maximum atomic E-state index is 11.4. The summed E-state index contributed by atoms with van der Waals surface area (Å²) in [7, 11) is 0. The summed E-state index contributed by atoms with van der Waals surface area (Å²) in [6.45, 7) is 0. The highest BCUT2D eigenvalue weighted by Gasteiger charge is 2.21. The molecular weight excluding hydrogens is 406 g/mol. The van der Waals surface area contributed by atoms with Gasteiger partial charge in [0.15, 0.2) is 0 Å². The highest BCUT2D eigenvalue weighted by Crippen LogP contribution is 2.38. The van der Waals surface area contributed by atoms with Gasteiger partial charge in [-0.2, -0.15) is 0 Å². The Hall–Kier alpha value is -1.85. The van der Waals surface area contributed by atoms with Crippen molar-refractivity contribution < 1.29 is 4.92 Å². The average Bonchev–Trinajstić information content (AvgIpc) is 2.54. The molecule has 0 unspecified atom stereocenters. The molecule has 0 radical (unpaired) electrons. The zero-order chi connectivity index (χ0) is 18.1. The van der Waals surface area contributed by atoms with Crippen molar-refractivity contribution in [2.24, 2.45) is 0 Å². The van der Waals surface area contributed by atoms with Crippen molar-refractivity contribution in [1.82, 2.24) is 4.98 Å². The third-order valence-electron chi connectivity index (χ3n) is 3.50. The number of pyridine rings is 1. The smallest absolute Gasteiger partial charge is 0.358 e. The van der Waals surface area contributed by atoms with Crippen molar-refractivity contribution in [2.75, 3.05) is 0 Å². The van der Waals surface area contributed by atoms with Crippen molar-refractivity contribution in [3.8, 4) is 22.3 Å². The number of nitrogens with zero attached hydrogens (tertiary/aromatic N) is 2. The second kappa shape index (κ2) is 7.18. The van der Waals surface area contributed by atoms with Crippen LogP contribution in [0.1, 0.15) is 0 Å². The summed E-state index contributed by atoms with van der Waals surface area (Å²) < 4.78 is 0. The van der Waals surface area contributed by atoms with E-state index in [1.54, 1.807) is 36.4 Å². The fourth-order valence-electron chi connectivity index (χ4n) is 2.38. The number of halogens is 4. The van der Waals surface area contributed by atoms with Crippen LogP contribution in [0.4, 0.5) is 5.82 Å². The highest BCUT2D eigenvalue weighted by molar-refractivity contribution is 6.37. The molecule has 0 aliphatic rings. The van der Waals surface area contributed by atoms with Gasteiger partial charge in [0.2, 0.25) is 0 Å². The summed E-state index contributed by atoms with van der Waals surface area (Å²) in [4.78, 5) is 14.8. The van der Waals surface area contributed by atoms with Gasteiger partial charge in [-0.1, -0.05) is 58.5 Å². The Morgan fingerprint density at radius 2 is 1.36 bits per heavy atom. The Balaban J connectivity index is 2.24. The van der Waals surface area contributed by atoms with E-state index in [4.69, 9.17) is 46.4 Å². The summed E-state index contributed by atoms with van der Waals surface area (Å²) in [6, 6.07) is 11.4. The number of aromatic nitrogens is 1. The summed E-state index contributed by atoms with van der Waals surface area (Å²) in [5.74, 6) is -0.307. The van der Waals surface area contributed by atoms with Gasteiger partial charge in [-0.05, 0) is 40.2 Å². The first-order chi connectivity index (χ1) is 11.9. The zero-order valence-electron chi connectivity index (χ0n) is 12.3. The van der Waals surface area contributed by atoms with E-state index in [0.717, 1.165) is 0 Å². The highest BCUT2D eigenvalue weighted by atomic mass is 35.5. The Labute approximate surface area is 163 Å². The van der Waals surface area contributed by atoms with E-state index in [1.165, 1.54) is 12.3 Å². The molecule has 1 heterocycles. The molecule has 0 atom stereocenters. The maximum absolute atomic E-state index is 11.4. The second-order valence-electron chi connectivity index (χ2n) is 5.10. The first-order valence-corrected chi connectivity index (χ1v) is 8.43. The molecule has 0 N–H and O–H groups in total. The monoisotopic (exact) mass is 412 g/mol. The van der Waals surface area contributed by atoms with Gasteiger partial charge in [-0.25, -0.2) is 0 Å². The third-order valence-corrected chi connectivity index (χ3v) is 4.60. The molecule has 0 aliphatic carbocycles. The minimum absolute atomic E-state index is 0.273. The summed E-state index contributed by atoms with van der Waals surface area (Å²) >= 11 is 24.3. The Kier molecular flexibility index (Phi) is 5.16. The van der Waals surface area contributed by atoms with Crippen LogP contribution in [0.3, 0.4) is 0 Å². The molecule has 4 nitrogen and oxygen atoms in total. The Morgan fingerprint density at radius 3 is 1.88 bits per heavy atom. The van der Waals surface area contributed by atoms with E-state index in [-0.39, 0.29) is 16.4 Å². The number of hydrogen-bond acceptors (Lipinski definition) is 3. The molecule has 126 valence electrons. The number of hydrogen-bond donors (Lipinski definition) is 0. The Morgan fingerprint density at radius 1 is 0.800 bits per heavy atom. The lowest BCUT2D eigenvalue weighted by atomic mass is 10.0. The van der Waals surface area contributed by atoms with Crippen molar-refractivity contribution in [1.29, 1.82) is 0 Å². The molecule has 0 saturated carbocycles. The first-order valence-electron chi connectivity index (χ1n) is 6.92. The van der Waals surface area contributed by atoms with Crippen LogP contribution < -0.4 is 0 Å². The molecule has 0 saturated heterocycles. The van der Waals surface area contributed by atoms with Crippen molar-refractivity contribution in [3.05, 3.63) is 78.9 Å². The molecule has 3 aromatic rings. The van der Waals surface area contributed by atoms with Gasteiger partial charge in [-0.15, -0.1) is 0 Å². The van der Waals surface area contributed by atoms with Crippen molar-refractivity contribution >= 4 is 52.2 Å². The van der Waals surface area contributed by atoms with E-state index < -0.39 is 4.92 Å². The fourth-order valence-corrected chi connectivity index (χ4v) is 3.41. The summed E-state index contributed by atoms with van der Waals surface area (Å²) in [5, 5.41) is 13.0. The van der Waals surface area contributed by atoms with Gasteiger partial charge in [0.05, 0.1) is 15.6 Å². The van der Waals surface area contributed by atoms with Crippen LogP contribution in [0.2, 0.25) is 20.1 Å². The van der Waals surface area contributed by atoms with Crippen LogP contribution in [0.5, 0.6) is 0 Å². The second-order valence-corrected chi connectivity index (χ2v) is 6.79. The van der Waals surface area contributed by atoms with Gasteiger partial charge in [0.25, 0.3) is 0 Å². The van der Waals surface area contributed by atoms with Crippen LogP contribution in [0, 0.1) is 10.1 Å². The first kappa shape index (κ1) is 18.0.